The minimum Gasteiger partial charge on any atom is -0.427 e. The average Bonchev–Trinajstić information content (AvgIpc) is 3.08. The summed E-state index contributed by atoms with van der Waals surface area (Å²) in [6, 6.07) is -0.643. The number of esters is 2. The Labute approximate surface area is 177 Å². The average molecular weight is 438 g/mol. The largest absolute Gasteiger partial charge is 0.427 e. The molecule has 3 heterocycles. The van der Waals surface area contributed by atoms with Crippen molar-refractivity contribution in [2.75, 3.05) is 12.5 Å². The molecule has 0 aromatic carbocycles. The van der Waals surface area contributed by atoms with Gasteiger partial charge in [0.2, 0.25) is 12.7 Å². The highest BCUT2D eigenvalue weighted by Gasteiger charge is 2.51. The highest BCUT2D eigenvalue weighted by molar-refractivity contribution is 8.00. The van der Waals surface area contributed by atoms with Gasteiger partial charge in [0.05, 0.1) is 16.6 Å². The van der Waals surface area contributed by atoms with Gasteiger partial charge in [-0.15, -0.1) is 23.1 Å². The van der Waals surface area contributed by atoms with Gasteiger partial charge in [-0.1, -0.05) is 6.08 Å². The second kappa shape index (κ2) is 8.29. The first kappa shape index (κ1) is 21.5. The Bertz CT molecular complexity index is 900. The van der Waals surface area contributed by atoms with Crippen LogP contribution in [0.5, 0.6) is 0 Å². The minimum absolute atomic E-state index is 0.144. The molecule has 10 heteroatoms. The summed E-state index contributed by atoms with van der Waals surface area (Å²) in [6.45, 7) is 6.48. The van der Waals surface area contributed by atoms with Gasteiger partial charge in [0.15, 0.2) is 0 Å². The SMILES string of the molecule is Cc1ncsc1C=CC1=C(C(=O)OCOC(=O)C(C)(C)C)N2C(=O)C(N)[C@@H]2SC1. The van der Waals surface area contributed by atoms with Crippen molar-refractivity contribution in [1.29, 1.82) is 0 Å². The molecule has 1 unspecified atom stereocenters. The van der Waals surface area contributed by atoms with Gasteiger partial charge in [-0.2, -0.15) is 0 Å². The number of nitrogens with two attached hydrogens (primary N) is 1. The fourth-order valence-corrected chi connectivity index (χ4v) is 4.69. The first-order chi connectivity index (χ1) is 13.6. The Balaban J connectivity index is 1.80. The number of ether oxygens (including phenoxy) is 2. The van der Waals surface area contributed by atoms with E-state index in [2.05, 4.69) is 4.98 Å². The summed E-state index contributed by atoms with van der Waals surface area (Å²) in [5, 5.41) is -0.301. The summed E-state index contributed by atoms with van der Waals surface area (Å²) in [4.78, 5) is 43.4. The summed E-state index contributed by atoms with van der Waals surface area (Å²) < 4.78 is 10.2. The van der Waals surface area contributed by atoms with Crippen molar-refractivity contribution in [3.8, 4) is 0 Å². The Morgan fingerprint density at radius 2 is 2.07 bits per heavy atom. The van der Waals surface area contributed by atoms with Crippen LogP contribution in [-0.4, -0.2) is 51.7 Å². The van der Waals surface area contributed by atoms with Crippen molar-refractivity contribution in [1.82, 2.24) is 9.88 Å². The Kier molecular flexibility index (Phi) is 6.16. The highest BCUT2D eigenvalue weighted by Crippen LogP contribution is 2.40. The van der Waals surface area contributed by atoms with Crippen molar-refractivity contribution in [3.63, 3.8) is 0 Å². The minimum atomic E-state index is -0.724. The maximum absolute atomic E-state index is 12.8. The van der Waals surface area contributed by atoms with Crippen LogP contribution in [-0.2, 0) is 23.9 Å². The van der Waals surface area contributed by atoms with E-state index < -0.39 is 30.2 Å². The zero-order valence-electron chi connectivity index (χ0n) is 16.6. The molecule has 29 heavy (non-hydrogen) atoms. The van der Waals surface area contributed by atoms with E-state index in [4.69, 9.17) is 15.2 Å². The molecule has 2 N–H and O–H groups in total. The van der Waals surface area contributed by atoms with E-state index in [0.717, 1.165) is 10.6 Å². The zero-order valence-corrected chi connectivity index (χ0v) is 18.3. The number of nitrogens with zero attached hydrogens (tertiary/aromatic N) is 2. The first-order valence-corrected chi connectivity index (χ1v) is 10.9. The number of hydrogen-bond acceptors (Lipinski definition) is 9. The zero-order chi connectivity index (χ0) is 21.3. The van der Waals surface area contributed by atoms with Gasteiger partial charge in [0, 0.05) is 10.6 Å². The second-order valence-electron chi connectivity index (χ2n) is 7.68. The fraction of sp³-hybridized carbons (Fsp3) is 0.474. The number of β-lactam (4-membered cyclic amide) rings is 1. The molecule has 8 nitrogen and oxygen atoms in total. The molecule has 0 aliphatic carbocycles. The number of thioether (sulfide) groups is 1. The van der Waals surface area contributed by atoms with Gasteiger partial charge in [0.1, 0.15) is 17.1 Å². The summed E-state index contributed by atoms with van der Waals surface area (Å²) in [5.74, 6) is -1.04. The summed E-state index contributed by atoms with van der Waals surface area (Å²) in [6.07, 6.45) is 3.65. The molecule has 0 spiro atoms. The molecule has 156 valence electrons. The van der Waals surface area contributed by atoms with Gasteiger partial charge in [-0.25, -0.2) is 9.78 Å². The molecule has 2 atom stereocenters. The molecule has 1 saturated heterocycles. The lowest BCUT2D eigenvalue weighted by Crippen LogP contribution is -2.68. The quantitative estimate of drug-likeness (QED) is 0.423. The molecule has 1 aromatic rings. The normalized spacial score (nSPS) is 21.8. The van der Waals surface area contributed by atoms with Gasteiger partial charge < -0.3 is 15.2 Å². The molecule has 1 amide bonds. The Morgan fingerprint density at radius 1 is 1.34 bits per heavy atom. The summed E-state index contributed by atoms with van der Waals surface area (Å²) in [5.41, 5.74) is 8.57. The monoisotopic (exact) mass is 437 g/mol. The lowest BCUT2D eigenvalue weighted by atomic mass is 9.98. The maximum atomic E-state index is 12.8. The predicted molar refractivity (Wildman–Crippen MR) is 110 cm³/mol. The van der Waals surface area contributed by atoms with Gasteiger partial charge in [0.25, 0.3) is 0 Å². The van der Waals surface area contributed by atoms with E-state index >= 15 is 0 Å². The van der Waals surface area contributed by atoms with Crippen molar-refractivity contribution in [2.24, 2.45) is 11.1 Å². The molecule has 1 aromatic heterocycles. The first-order valence-electron chi connectivity index (χ1n) is 8.97. The maximum Gasteiger partial charge on any atom is 0.358 e. The molecule has 3 rings (SSSR count). The highest BCUT2D eigenvalue weighted by atomic mass is 32.2. The van der Waals surface area contributed by atoms with E-state index in [1.54, 1.807) is 32.4 Å². The van der Waals surface area contributed by atoms with Crippen LogP contribution in [0.15, 0.2) is 22.9 Å². The second-order valence-corrected chi connectivity index (χ2v) is 9.67. The number of carbonyl (C=O) groups excluding carboxylic acids is 3. The third-order valence-corrected chi connectivity index (χ3v) is 6.66. The van der Waals surface area contributed by atoms with Gasteiger partial charge >= 0.3 is 11.9 Å². The lowest BCUT2D eigenvalue weighted by Gasteiger charge is -2.48. The molecule has 2 aliphatic heterocycles. The smallest absolute Gasteiger partial charge is 0.358 e. The number of thiazole rings is 1. The number of carbonyl (C=O) groups is 3. The van der Waals surface area contributed by atoms with E-state index in [1.165, 1.54) is 28.0 Å². The van der Waals surface area contributed by atoms with E-state index in [1.807, 2.05) is 13.0 Å². The van der Waals surface area contributed by atoms with Crippen LogP contribution in [0.25, 0.3) is 6.08 Å². The number of aryl methyl sites for hydroxylation is 1. The standard InChI is InChI=1S/C19H23N3O5S2/c1-10-12(29-8-21-10)6-5-11-7-28-16-13(20)15(23)22(16)14(11)17(24)26-9-27-18(25)19(2,3)4/h5-6,8,13,16H,7,9,20H2,1-4H3/t13?,16-/m0/s1. The van der Waals surface area contributed by atoms with E-state index in [9.17, 15) is 14.4 Å². The van der Waals surface area contributed by atoms with Gasteiger partial charge in [-0.3, -0.25) is 14.5 Å². The van der Waals surface area contributed by atoms with E-state index in [0.29, 0.717) is 11.3 Å². The lowest BCUT2D eigenvalue weighted by molar-refractivity contribution is -0.173. The molecule has 0 radical (unpaired) electrons. The fourth-order valence-electron chi connectivity index (χ4n) is 2.73. The molecular formula is C19H23N3O5S2. The Hall–Kier alpha value is -2.17. The van der Waals surface area contributed by atoms with E-state index in [-0.39, 0.29) is 17.0 Å². The van der Waals surface area contributed by atoms with Crippen LogP contribution in [0.2, 0.25) is 0 Å². The number of aromatic nitrogens is 1. The number of hydrogen-bond donors (Lipinski definition) is 1. The predicted octanol–water partition coefficient (Wildman–Crippen LogP) is 2.05. The molecule has 1 fully saturated rings. The van der Waals surface area contributed by atoms with Crippen molar-refractivity contribution < 1.29 is 23.9 Å². The van der Waals surface area contributed by atoms with Crippen molar-refractivity contribution in [2.45, 2.75) is 39.1 Å². The van der Waals surface area contributed by atoms with Crippen LogP contribution >= 0.6 is 23.1 Å². The van der Waals surface area contributed by atoms with Crippen molar-refractivity contribution in [3.05, 3.63) is 33.4 Å². The number of fused-ring (bicyclic) bond motifs is 1. The molecular weight excluding hydrogens is 414 g/mol. The number of allylic oxidation sites excluding steroid dienone is 1. The third-order valence-electron chi connectivity index (χ3n) is 4.44. The molecule has 0 saturated carbocycles. The summed E-state index contributed by atoms with van der Waals surface area (Å²) in [7, 11) is 0. The van der Waals surface area contributed by atoms with Crippen LogP contribution in [0.4, 0.5) is 0 Å². The molecule has 0 bridgehead atoms. The van der Waals surface area contributed by atoms with Crippen LogP contribution < -0.4 is 5.73 Å². The number of amides is 1. The summed E-state index contributed by atoms with van der Waals surface area (Å²) >= 11 is 2.98. The topological polar surface area (TPSA) is 112 Å². The number of rotatable bonds is 5. The third kappa shape index (κ3) is 4.39. The van der Waals surface area contributed by atoms with Gasteiger partial charge in [-0.05, 0) is 39.3 Å². The van der Waals surface area contributed by atoms with Crippen molar-refractivity contribution >= 4 is 47.0 Å². The molecule has 2 aliphatic rings. The Morgan fingerprint density at radius 3 is 2.69 bits per heavy atom. The van der Waals surface area contributed by atoms with Crippen LogP contribution in [0.3, 0.4) is 0 Å². The van der Waals surface area contributed by atoms with Crippen LogP contribution in [0.1, 0.15) is 31.3 Å². The van der Waals surface area contributed by atoms with Crippen LogP contribution in [0, 0.1) is 12.3 Å².